The zero-order valence-electron chi connectivity index (χ0n) is 15.6. The van der Waals surface area contributed by atoms with Crippen LogP contribution in [0.2, 0.25) is 0 Å². The molecule has 1 aliphatic heterocycles. The SMILES string of the molecule is CN(CC(=O)O)C1CCN(C(=O)C2CCC(c3ccccc3)CC2)CC1. The maximum atomic E-state index is 12.9. The van der Waals surface area contributed by atoms with Crippen LogP contribution in [-0.2, 0) is 9.59 Å². The molecule has 1 aliphatic carbocycles. The highest BCUT2D eigenvalue weighted by molar-refractivity contribution is 5.79. The average Bonchev–Trinajstić information content (AvgIpc) is 2.68. The molecule has 142 valence electrons. The number of rotatable bonds is 5. The molecule has 2 aliphatic rings. The van der Waals surface area contributed by atoms with Crippen LogP contribution < -0.4 is 0 Å². The third-order valence-electron chi connectivity index (χ3n) is 6.13. The zero-order chi connectivity index (χ0) is 18.5. The Balaban J connectivity index is 1.45. The van der Waals surface area contributed by atoms with Gasteiger partial charge in [-0.3, -0.25) is 14.5 Å². The summed E-state index contributed by atoms with van der Waals surface area (Å²) < 4.78 is 0. The molecule has 1 aromatic rings. The van der Waals surface area contributed by atoms with Crippen LogP contribution in [0.5, 0.6) is 0 Å². The minimum absolute atomic E-state index is 0.0715. The first-order valence-electron chi connectivity index (χ1n) is 9.80. The molecule has 1 saturated heterocycles. The number of benzene rings is 1. The van der Waals surface area contributed by atoms with Crippen molar-refractivity contribution in [1.29, 1.82) is 0 Å². The normalized spacial score (nSPS) is 24.6. The molecule has 0 radical (unpaired) electrons. The number of likely N-dealkylation sites (tertiary alicyclic amines) is 1. The van der Waals surface area contributed by atoms with E-state index in [0.717, 1.165) is 51.6 Å². The lowest BCUT2D eigenvalue weighted by atomic mass is 9.78. The fraction of sp³-hybridized carbons (Fsp3) is 0.619. The maximum absolute atomic E-state index is 12.9. The van der Waals surface area contributed by atoms with Gasteiger partial charge in [-0.1, -0.05) is 30.3 Å². The van der Waals surface area contributed by atoms with Crippen molar-refractivity contribution < 1.29 is 14.7 Å². The Morgan fingerprint density at radius 1 is 1.04 bits per heavy atom. The van der Waals surface area contributed by atoms with E-state index < -0.39 is 5.97 Å². The molecule has 1 amide bonds. The molecule has 2 fully saturated rings. The summed E-state index contributed by atoms with van der Waals surface area (Å²) in [5, 5.41) is 8.92. The Bertz CT molecular complexity index is 603. The van der Waals surface area contributed by atoms with Crippen LogP contribution >= 0.6 is 0 Å². The van der Waals surface area contributed by atoms with Gasteiger partial charge in [-0.05, 0) is 57.1 Å². The fourth-order valence-corrected chi connectivity index (χ4v) is 4.53. The van der Waals surface area contributed by atoms with Crippen LogP contribution in [-0.4, -0.2) is 59.5 Å². The summed E-state index contributed by atoms with van der Waals surface area (Å²) in [5.41, 5.74) is 1.40. The molecule has 5 heteroatoms. The van der Waals surface area contributed by atoms with Crippen molar-refractivity contribution >= 4 is 11.9 Å². The molecule has 1 aromatic carbocycles. The molecule has 0 aromatic heterocycles. The predicted octanol–water partition coefficient (Wildman–Crippen LogP) is 2.97. The third kappa shape index (κ3) is 4.64. The highest BCUT2D eigenvalue weighted by Gasteiger charge is 2.32. The van der Waals surface area contributed by atoms with Gasteiger partial charge in [0.1, 0.15) is 0 Å². The molecule has 26 heavy (non-hydrogen) atoms. The first kappa shape index (κ1) is 18.9. The minimum Gasteiger partial charge on any atom is -0.480 e. The minimum atomic E-state index is -0.791. The van der Waals surface area contributed by atoms with E-state index >= 15 is 0 Å². The van der Waals surface area contributed by atoms with Gasteiger partial charge in [-0.2, -0.15) is 0 Å². The van der Waals surface area contributed by atoms with Crippen molar-refractivity contribution in [2.45, 2.75) is 50.5 Å². The smallest absolute Gasteiger partial charge is 0.317 e. The molecule has 0 unspecified atom stereocenters. The van der Waals surface area contributed by atoms with Crippen molar-refractivity contribution in [3.05, 3.63) is 35.9 Å². The Morgan fingerprint density at radius 3 is 2.23 bits per heavy atom. The van der Waals surface area contributed by atoms with Crippen molar-refractivity contribution in [2.75, 3.05) is 26.7 Å². The van der Waals surface area contributed by atoms with Crippen molar-refractivity contribution in [3.8, 4) is 0 Å². The summed E-state index contributed by atoms with van der Waals surface area (Å²) in [6.45, 7) is 1.58. The number of aliphatic carboxylic acids is 1. The zero-order valence-corrected chi connectivity index (χ0v) is 15.6. The van der Waals surface area contributed by atoms with Gasteiger partial charge in [0.05, 0.1) is 6.54 Å². The number of hydrogen-bond donors (Lipinski definition) is 1. The molecule has 0 bridgehead atoms. The van der Waals surface area contributed by atoms with Crippen molar-refractivity contribution in [1.82, 2.24) is 9.80 Å². The Morgan fingerprint density at radius 2 is 1.65 bits per heavy atom. The summed E-state index contributed by atoms with van der Waals surface area (Å²) in [7, 11) is 1.86. The number of piperidine rings is 1. The second-order valence-corrected chi connectivity index (χ2v) is 7.82. The molecule has 1 saturated carbocycles. The van der Waals surface area contributed by atoms with E-state index in [2.05, 4.69) is 30.3 Å². The molecular formula is C21H30N2O3. The van der Waals surface area contributed by atoms with Gasteiger partial charge in [0.2, 0.25) is 5.91 Å². The third-order valence-corrected chi connectivity index (χ3v) is 6.13. The summed E-state index contributed by atoms with van der Waals surface area (Å²) >= 11 is 0. The van der Waals surface area contributed by atoms with Crippen LogP contribution in [0.25, 0.3) is 0 Å². The summed E-state index contributed by atoms with van der Waals surface area (Å²) in [6.07, 6.45) is 5.90. The molecule has 1 N–H and O–H groups in total. The largest absolute Gasteiger partial charge is 0.480 e. The number of carbonyl (C=O) groups is 2. The van der Waals surface area contributed by atoms with E-state index in [1.807, 2.05) is 16.8 Å². The molecule has 5 nitrogen and oxygen atoms in total. The summed E-state index contributed by atoms with van der Waals surface area (Å²) in [6, 6.07) is 10.9. The molecule has 0 atom stereocenters. The molecule has 1 heterocycles. The highest BCUT2D eigenvalue weighted by atomic mass is 16.4. The summed E-state index contributed by atoms with van der Waals surface area (Å²) in [5.74, 6) is 0.288. The number of nitrogens with zero attached hydrogens (tertiary/aromatic N) is 2. The number of carboxylic acids is 1. The van der Waals surface area contributed by atoms with Crippen LogP contribution in [0.15, 0.2) is 30.3 Å². The second-order valence-electron chi connectivity index (χ2n) is 7.82. The standard InChI is InChI=1S/C21H30N2O3/c1-22(15-20(24)25)19-11-13-23(14-12-19)21(26)18-9-7-17(8-10-18)16-5-3-2-4-6-16/h2-6,17-19H,7-15H2,1H3,(H,24,25). The lowest BCUT2D eigenvalue weighted by molar-refractivity contribution is -0.141. The Labute approximate surface area is 156 Å². The second kappa shape index (κ2) is 8.67. The predicted molar refractivity (Wildman–Crippen MR) is 101 cm³/mol. The highest BCUT2D eigenvalue weighted by Crippen LogP contribution is 2.36. The van der Waals surface area contributed by atoms with Gasteiger partial charge in [-0.25, -0.2) is 0 Å². The van der Waals surface area contributed by atoms with E-state index in [4.69, 9.17) is 5.11 Å². The quantitative estimate of drug-likeness (QED) is 0.879. The number of carbonyl (C=O) groups excluding carboxylic acids is 1. The maximum Gasteiger partial charge on any atom is 0.317 e. The van der Waals surface area contributed by atoms with E-state index in [1.165, 1.54) is 5.56 Å². The van der Waals surface area contributed by atoms with E-state index in [9.17, 15) is 9.59 Å². The Kier molecular flexibility index (Phi) is 6.30. The van der Waals surface area contributed by atoms with Crippen molar-refractivity contribution in [3.63, 3.8) is 0 Å². The van der Waals surface area contributed by atoms with Crippen LogP contribution in [0.4, 0.5) is 0 Å². The van der Waals surface area contributed by atoms with Gasteiger partial charge in [0.25, 0.3) is 0 Å². The van der Waals surface area contributed by atoms with Crippen molar-refractivity contribution in [2.24, 2.45) is 5.92 Å². The number of carboxylic acid groups (broad SMARTS) is 1. The monoisotopic (exact) mass is 358 g/mol. The fourth-order valence-electron chi connectivity index (χ4n) is 4.53. The van der Waals surface area contributed by atoms with Crippen LogP contribution in [0, 0.1) is 5.92 Å². The molecular weight excluding hydrogens is 328 g/mol. The van der Waals surface area contributed by atoms with Gasteiger partial charge < -0.3 is 10.0 Å². The van der Waals surface area contributed by atoms with E-state index in [0.29, 0.717) is 11.8 Å². The number of amides is 1. The molecule has 3 rings (SSSR count). The number of likely N-dealkylation sites (N-methyl/N-ethyl adjacent to an activating group) is 1. The first-order valence-corrected chi connectivity index (χ1v) is 9.80. The Hall–Kier alpha value is -1.88. The molecule has 0 spiro atoms. The van der Waals surface area contributed by atoms with Crippen LogP contribution in [0.3, 0.4) is 0 Å². The number of hydrogen-bond acceptors (Lipinski definition) is 3. The lowest BCUT2D eigenvalue weighted by Crippen LogP contribution is -2.48. The van der Waals surface area contributed by atoms with Gasteiger partial charge in [0.15, 0.2) is 0 Å². The van der Waals surface area contributed by atoms with Gasteiger partial charge in [0, 0.05) is 25.0 Å². The van der Waals surface area contributed by atoms with E-state index in [1.54, 1.807) is 0 Å². The topological polar surface area (TPSA) is 60.9 Å². The van der Waals surface area contributed by atoms with Gasteiger partial charge in [-0.15, -0.1) is 0 Å². The summed E-state index contributed by atoms with van der Waals surface area (Å²) in [4.78, 5) is 27.6. The van der Waals surface area contributed by atoms with Crippen LogP contribution in [0.1, 0.15) is 50.0 Å². The first-order chi connectivity index (χ1) is 12.5. The van der Waals surface area contributed by atoms with Gasteiger partial charge >= 0.3 is 5.97 Å². The average molecular weight is 358 g/mol. The van der Waals surface area contributed by atoms with E-state index in [-0.39, 0.29) is 18.5 Å². The lowest BCUT2D eigenvalue weighted by Gasteiger charge is -2.38.